The van der Waals surface area contributed by atoms with Gasteiger partial charge in [0.25, 0.3) is 5.91 Å². The van der Waals surface area contributed by atoms with E-state index in [0.717, 1.165) is 5.56 Å². The molecule has 1 heterocycles. The van der Waals surface area contributed by atoms with Crippen LogP contribution in [0.25, 0.3) is 0 Å². The number of rotatable bonds is 4. The molecule has 0 fully saturated rings. The molecule has 0 saturated heterocycles. The number of anilines is 2. The van der Waals surface area contributed by atoms with E-state index in [1.807, 2.05) is 12.1 Å². The predicted molar refractivity (Wildman–Crippen MR) is 75.9 cm³/mol. The van der Waals surface area contributed by atoms with Crippen molar-refractivity contribution < 1.29 is 4.79 Å². The molecule has 2 rings (SSSR count). The van der Waals surface area contributed by atoms with Gasteiger partial charge in [0.1, 0.15) is 0 Å². The molecule has 0 aliphatic heterocycles. The Balaban J connectivity index is 2.27. The van der Waals surface area contributed by atoms with Crippen LogP contribution < -0.4 is 16.8 Å². The number of amides is 1. The normalized spacial score (nSPS) is 10.2. The molecule has 0 unspecified atom stereocenters. The zero-order valence-electron chi connectivity index (χ0n) is 10.1. The molecule has 98 valence electrons. The number of nitrogens with zero attached hydrogens (tertiary/aromatic N) is 1. The summed E-state index contributed by atoms with van der Waals surface area (Å²) in [6.45, 7) is 0.484. The van der Waals surface area contributed by atoms with E-state index in [1.54, 1.807) is 18.5 Å². The number of pyridine rings is 1. The first-order valence-corrected chi connectivity index (χ1v) is 5.97. The van der Waals surface area contributed by atoms with Crippen molar-refractivity contribution in [2.45, 2.75) is 6.54 Å². The van der Waals surface area contributed by atoms with Crippen molar-refractivity contribution in [3.63, 3.8) is 0 Å². The Morgan fingerprint density at radius 2 is 2.21 bits per heavy atom. The smallest absolute Gasteiger partial charge is 0.250 e. The topological polar surface area (TPSA) is 94.0 Å². The van der Waals surface area contributed by atoms with Gasteiger partial charge in [-0.3, -0.25) is 9.78 Å². The second-order valence-corrected chi connectivity index (χ2v) is 4.41. The molecule has 5 N–H and O–H groups in total. The molecule has 1 aromatic heterocycles. The summed E-state index contributed by atoms with van der Waals surface area (Å²) in [7, 11) is 0. The first kappa shape index (κ1) is 13.2. The Morgan fingerprint density at radius 3 is 2.84 bits per heavy atom. The Bertz CT molecular complexity index is 601. The molecule has 0 saturated carbocycles. The van der Waals surface area contributed by atoms with Gasteiger partial charge in [0.05, 0.1) is 16.3 Å². The zero-order valence-corrected chi connectivity index (χ0v) is 10.8. The summed E-state index contributed by atoms with van der Waals surface area (Å²) in [5, 5.41) is 3.44. The molecule has 0 aliphatic rings. The number of carbonyl (C=O) groups excluding carboxylic acids is 1. The number of nitrogens with two attached hydrogens (primary N) is 2. The van der Waals surface area contributed by atoms with Crippen molar-refractivity contribution in [1.29, 1.82) is 0 Å². The average Bonchev–Trinajstić information content (AvgIpc) is 2.38. The number of nitrogens with one attached hydrogen (secondary N) is 1. The van der Waals surface area contributed by atoms with Crippen LogP contribution in [0.15, 0.2) is 36.7 Å². The van der Waals surface area contributed by atoms with E-state index in [1.165, 1.54) is 6.07 Å². The molecule has 0 aliphatic carbocycles. The fraction of sp³-hybridized carbons (Fsp3) is 0.0769. The fourth-order valence-electron chi connectivity index (χ4n) is 1.69. The first-order valence-electron chi connectivity index (χ1n) is 5.59. The van der Waals surface area contributed by atoms with Gasteiger partial charge >= 0.3 is 0 Å². The minimum Gasteiger partial charge on any atom is -0.399 e. The Morgan fingerprint density at radius 1 is 1.42 bits per heavy atom. The van der Waals surface area contributed by atoms with Crippen molar-refractivity contribution in [1.82, 2.24) is 4.98 Å². The van der Waals surface area contributed by atoms with Gasteiger partial charge in [-0.05, 0) is 23.8 Å². The van der Waals surface area contributed by atoms with Gasteiger partial charge < -0.3 is 16.8 Å². The molecule has 0 atom stereocenters. The molecular weight excluding hydrogens is 264 g/mol. The number of aromatic nitrogens is 1. The summed E-state index contributed by atoms with van der Waals surface area (Å²) < 4.78 is 0. The fourth-order valence-corrected chi connectivity index (χ4v) is 1.99. The predicted octanol–water partition coefficient (Wildman–Crippen LogP) is 2.03. The lowest BCUT2D eigenvalue weighted by molar-refractivity contribution is 0.100. The number of nitrogen functional groups attached to an aromatic ring is 1. The van der Waals surface area contributed by atoms with Crippen LogP contribution in [-0.2, 0) is 6.54 Å². The van der Waals surface area contributed by atoms with Crippen LogP contribution in [-0.4, -0.2) is 10.9 Å². The molecule has 1 aromatic carbocycles. The van der Waals surface area contributed by atoms with Gasteiger partial charge in [0, 0.05) is 24.6 Å². The Hall–Kier alpha value is -2.27. The molecule has 2 aromatic rings. The molecular formula is C13H13ClN4O. The highest BCUT2D eigenvalue weighted by Gasteiger charge is 2.13. The number of carbonyl (C=O) groups is 1. The molecule has 5 nitrogen and oxygen atoms in total. The van der Waals surface area contributed by atoms with Gasteiger partial charge in [-0.25, -0.2) is 0 Å². The lowest BCUT2D eigenvalue weighted by Gasteiger charge is -2.13. The third-order valence-corrected chi connectivity index (χ3v) is 2.87. The van der Waals surface area contributed by atoms with Crippen LogP contribution in [0.1, 0.15) is 15.9 Å². The Kier molecular flexibility index (Phi) is 3.87. The van der Waals surface area contributed by atoms with Crippen molar-refractivity contribution in [3.8, 4) is 0 Å². The summed E-state index contributed by atoms with van der Waals surface area (Å²) in [5.41, 5.74) is 13.1. The average molecular weight is 277 g/mol. The number of halogens is 1. The van der Waals surface area contributed by atoms with Gasteiger partial charge in [0.15, 0.2) is 0 Å². The molecule has 0 bridgehead atoms. The highest BCUT2D eigenvalue weighted by atomic mass is 35.5. The van der Waals surface area contributed by atoms with E-state index in [9.17, 15) is 4.79 Å². The monoisotopic (exact) mass is 276 g/mol. The van der Waals surface area contributed by atoms with Crippen molar-refractivity contribution >= 4 is 28.9 Å². The van der Waals surface area contributed by atoms with Gasteiger partial charge in [-0.15, -0.1) is 0 Å². The zero-order chi connectivity index (χ0) is 13.8. The van der Waals surface area contributed by atoms with E-state index in [-0.39, 0.29) is 5.56 Å². The number of hydrogen-bond donors (Lipinski definition) is 3. The quantitative estimate of drug-likeness (QED) is 0.745. The maximum Gasteiger partial charge on any atom is 0.250 e. The molecule has 19 heavy (non-hydrogen) atoms. The second-order valence-electron chi connectivity index (χ2n) is 4.00. The van der Waals surface area contributed by atoms with E-state index in [2.05, 4.69) is 10.3 Å². The summed E-state index contributed by atoms with van der Waals surface area (Å²) in [6.07, 6.45) is 3.41. The van der Waals surface area contributed by atoms with Gasteiger partial charge in [-0.1, -0.05) is 17.7 Å². The maximum atomic E-state index is 11.4. The minimum absolute atomic E-state index is 0.272. The standard InChI is InChI=1S/C13H13ClN4O/c14-11-5-9(15)4-10(13(16)19)12(11)18-7-8-2-1-3-17-6-8/h1-6,18H,7,15H2,(H2,16,19). The van der Waals surface area contributed by atoms with Crippen molar-refractivity contribution in [3.05, 3.63) is 52.8 Å². The van der Waals surface area contributed by atoms with Crippen LogP contribution in [0.3, 0.4) is 0 Å². The van der Waals surface area contributed by atoms with Gasteiger partial charge in [0.2, 0.25) is 0 Å². The molecule has 0 radical (unpaired) electrons. The third-order valence-electron chi connectivity index (χ3n) is 2.57. The maximum absolute atomic E-state index is 11.4. The number of hydrogen-bond acceptors (Lipinski definition) is 4. The van der Waals surface area contributed by atoms with Crippen LogP contribution in [0.2, 0.25) is 5.02 Å². The minimum atomic E-state index is -0.581. The van der Waals surface area contributed by atoms with Crippen LogP contribution >= 0.6 is 11.6 Å². The largest absolute Gasteiger partial charge is 0.399 e. The van der Waals surface area contributed by atoms with E-state index in [4.69, 9.17) is 23.1 Å². The molecule has 0 spiro atoms. The van der Waals surface area contributed by atoms with E-state index < -0.39 is 5.91 Å². The highest BCUT2D eigenvalue weighted by molar-refractivity contribution is 6.34. The first-order chi connectivity index (χ1) is 9.08. The third kappa shape index (κ3) is 3.14. The summed E-state index contributed by atoms with van der Waals surface area (Å²) in [4.78, 5) is 15.4. The lowest BCUT2D eigenvalue weighted by atomic mass is 10.1. The van der Waals surface area contributed by atoms with Crippen molar-refractivity contribution in [2.24, 2.45) is 5.73 Å². The van der Waals surface area contributed by atoms with Crippen LogP contribution in [0.5, 0.6) is 0 Å². The van der Waals surface area contributed by atoms with Crippen LogP contribution in [0, 0.1) is 0 Å². The molecule has 1 amide bonds. The summed E-state index contributed by atoms with van der Waals surface area (Å²) in [6, 6.07) is 6.81. The van der Waals surface area contributed by atoms with Gasteiger partial charge in [-0.2, -0.15) is 0 Å². The highest BCUT2D eigenvalue weighted by Crippen LogP contribution is 2.29. The summed E-state index contributed by atoms with van der Waals surface area (Å²) >= 11 is 6.08. The number of primary amides is 1. The Labute approximate surface area is 115 Å². The molecule has 6 heteroatoms. The summed E-state index contributed by atoms with van der Waals surface area (Å²) in [5.74, 6) is -0.581. The number of benzene rings is 1. The van der Waals surface area contributed by atoms with Crippen LogP contribution in [0.4, 0.5) is 11.4 Å². The van der Waals surface area contributed by atoms with E-state index in [0.29, 0.717) is 22.9 Å². The SMILES string of the molecule is NC(=O)c1cc(N)cc(Cl)c1NCc1cccnc1. The second kappa shape index (κ2) is 5.58. The van der Waals surface area contributed by atoms with E-state index >= 15 is 0 Å². The van der Waals surface area contributed by atoms with Crippen molar-refractivity contribution in [2.75, 3.05) is 11.1 Å². The lowest BCUT2D eigenvalue weighted by Crippen LogP contribution is -2.15.